The predicted molar refractivity (Wildman–Crippen MR) is 102 cm³/mol. The molecule has 0 aliphatic heterocycles. The number of anilines is 1. The van der Waals surface area contributed by atoms with Gasteiger partial charge in [0.1, 0.15) is 22.9 Å². The van der Waals surface area contributed by atoms with Gasteiger partial charge >= 0.3 is 0 Å². The van der Waals surface area contributed by atoms with Gasteiger partial charge in [0.25, 0.3) is 11.6 Å². The number of methoxy groups -OCH3 is 1. The van der Waals surface area contributed by atoms with Crippen LogP contribution in [0.3, 0.4) is 0 Å². The van der Waals surface area contributed by atoms with E-state index in [1.54, 1.807) is 38.4 Å². The van der Waals surface area contributed by atoms with Crippen molar-refractivity contribution in [2.24, 2.45) is 7.05 Å². The number of hydrogen-bond donors (Lipinski definition) is 1. The van der Waals surface area contributed by atoms with E-state index in [0.29, 0.717) is 11.5 Å². The fourth-order valence-corrected chi connectivity index (χ4v) is 2.71. The van der Waals surface area contributed by atoms with E-state index < -0.39 is 10.8 Å². The van der Waals surface area contributed by atoms with E-state index in [4.69, 9.17) is 21.1 Å². The number of ether oxygens (including phenoxy) is 2. The molecule has 10 heteroatoms. The van der Waals surface area contributed by atoms with Crippen LogP contribution >= 0.6 is 11.6 Å². The van der Waals surface area contributed by atoms with E-state index in [0.717, 1.165) is 0 Å². The van der Waals surface area contributed by atoms with Crippen molar-refractivity contribution in [2.45, 2.75) is 0 Å². The molecule has 0 spiro atoms. The maximum atomic E-state index is 12.5. The minimum absolute atomic E-state index is 0.130. The van der Waals surface area contributed by atoms with Crippen LogP contribution in [0.5, 0.6) is 17.2 Å². The highest BCUT2D eigenvalue weighted by Crippen LogP contribution is 2.31. The van der Waals surface area contributed by atoms with Crippen molar-refractivity contribution >= 4 is 28.9 Å². The van der Waals surface area contributed by atoms with Gasteiger partial charge in [-0.05, 0) is 24.3 Å². The number of carbonyl (C=O) groups excluding carboxylic acids is 1. The zero-order valence-electron chi connectivity index (χ0n) is 14.9. The topological polar surface area (TPSA) is 109 Å². The number of nitrogens with one attached hydrogen (secondary N) is 1. The summed E-state index contributed by atoms with van der Waals surface area (Å²) in [7, 11) is 3.10. The summed E-state index contributed by atoms with van der Waals surface area (Å²) in [6.45, 7) is 0. The number of nitrogens with zero attached hydrogens (tertiary/aromatic N) is 3. The predicted octanol–water partition coefficient (Wildman–Crippen LogP) is 4.03. The molecule has 9 nitrogen and oxygen atoms in total. The normalized spacial score (nSPS) is 10.4. The van der Waals surface area contributed by atoms with Crippen molar-refractivity contribution in [1.82, 2.24) is 9.78 Å². The molecule has 0 unspecified atom stereocenters. The number of nitro groups is 1. The maximum absolute atomic E-state index is 12.5. The van der Waals surface area contributed by atoms with Gasteiger partial charge in [0, 0.05) is 19.2 Å². The van der Waals surface area contributed by atoms with Crippen molar-refractivity contribution in [3.8, 4) is 17.2 Å². The van der Waals surface area contributed by atoms with E-state index in [1.807, 2.05) is 0 Å². The van der Waals surface area contributed by atoms with Gasteiger partial charge in [-0.3, -0.25) is 19.6 Å². The van der Waals surface area contributed by atoms with E-state index >= 15 is 0 Å². The zero-order valence-corrected chi connectivity index (χ0v) is 15.6. The van der Waals surface area contributed by atoms with Crippen LogP contribution in [-0.4, -0.2) is 27.7 Å². The summed E-state index contributed by atoms with van der Waals surface area (Å²) in [6.07, 6.45) is 1.34. The van der Waals surface area contributed by atoms with Gasteiger partial charge in [0.2, 0.25) is 0 Å². The Labute approximate surface area is 164 Å². The van der Waals surface area contributed by atoms with Crippen LogP contribution in [0.1, 0.15) is 10.5 Å². The summed E-state index contributed by atoms with van der Waals surface area (Å²) >= 11 is 5.96. The molecular formula is C18H15ClN4O5. The average molecular weight is 403 g/mol. The minimum atomic E-state index is -0.576. The first-order chi connectivity index (χ1) is 13.4. The second-order valence-electron chi connectivity index (χ2n) is 5.67. The van der Waals surface area contributed by atoms with Crippen molar-refractivity contribution in [1.29, 1.82) is 0 Å². The Morgan fingerprint density at radius 2 is 1.86 bits per heavy atom. The lowest BCUT2D eigenvalue weighted by molar-refractivity contribution is -0.384. The number of rotatable bonds is 6. The van der Waals surface area contributed by atoms with Gasteiger partial charge in [0.05, 0.1) is 35.0 Å². The molecule has 1 heterocycles. The lowest BCUT2D eigenvalue weighted by Gasteiger charge is -2.10. The van der Waals surface area contributed by atoms with E-state index in [9.17, 15) is 14.9 Å². The molecule has 0 atom stereocenters. The van der Waals surface area contributed by atoms with Crippen LogP contribution < -0.4 is 14.8 Å². The molecule has 0 saturated heterocycles. The molecule has 3 rings (SSSR count). The Hall–Kier alpha value is -3.59. The Kier molecular flexibility index (Phi) is 5.46. The number of carbonyl (C=O) groups is 1. The Morgan fingerprint density at radius 3 is 2.43 bits per heavy atom. The van der Waals surface area contributed by atoms with Crippen molar-refractivity contribution in [2.75, 3.05) is 12.4 Å². The van der Waals surface area contributed by atoms with Gasteiger partial charge in [-0.2, -0.15) is 5.10 Å². The molecule has 0 aliphatic rings. The molecule has 0 aliphatic carbocycles. The molecule has 0 bridgehead atoms. The molecule has 0 saturated carbocycles. The van der Waals surface area contributed by atoms with E-state index in [1.165, 1.54) is 29.1 Å². The third kappa shape index (κ3) is 4.21. The number of hydrogen-bond acceptors (Lipinski definition) is 6. The second-order valence-corrected chi connectivity index (χ2v) is 6.08. The fraction of sp³-hybridized carbons (Fsp3) is 0.111. The second kappa shape index (κ2) is 7.97. The molecular weight excluding hydrogens is 388 g/mol. The summed E-state index contributed by atoms with van der Waals surface area (Å²) < 4.78 is 12.1. The summed E-state index contributed by atoms with van der Waals surface area (Å²) in [4.78, 5) is 23.1. The maximum Gasteiger partial charge on any atom is 0.275 e. The SMILES string of the molecule is COc1ccc(Oc2cc(NC(=O)c3c(Cl)cnn3C)cc([N+](=O)[O-])c2)cc1. The lowest BCUT2D eigenvalue weighted by Crippen LogP contribution is -2.16. The largest absolute Gasteiger partial charge is 0.497 e. The number of nitro benzene ring substituents is 1. The standard InChI is InChI=1S/C18H15ClN4O5/c1-22-17(16(19)10-20-22)18(24)21-11-7-12(23(25)26)9-15(8-11)28-14-5-3-13(27-2)4-6-14/h3-10H,1-2H3,(H,21,24). The molecule has 1 amide bonds. The van der Waals surface area contributed by atoms with Crippen LogP contribution in [0.15, 0.2) is 48.7 Å². The van der Waals surface area contributed by atoms with Crippen LogP contribution in [0.2, 0.25) is 5.02 Å². The third-order valence-corrected chi connectivity index (χ3v) is 4.04. The van der Waals surface area contributed by atoms with Crippen LogP contribution in [-0.2, 0) is 7.05 Å². The summed E-state index contributed by atoms with van der Waals surface area (Å²) in [5.41, 5.74) is 0.0724. The summed E-state index contributed by atoms with van der Waals surface area (Å²) in [5, 5.41) is 17.9. The molecule has 144 valence electrons. The number of aryl methyl sites for hydroxylation is 1. The number of halogens is 1. The van der Waals surface area contributed by atoms with Crippen LogP contribution in [0.4, 0.5) is 11.4 Å². The van der Waals surface area contributed by atoms with Gasteiger partial charge < -0.3 is 14.8 Å². The molecule has 2 aromatic carbocycles. The van der Waals surface area contributed by atoms with Gasteiger partial charge in [0.15, 0.2) is 0 Å². The molecule has 28 heavy (non-hydrogen) atoms. The highest BCUT2D eigenvalue weighted by atomic mass is 35.5. The van der Waals surface area contributed by atoms with Gasteiger partial charge in [-0.25, -0.2) is 0 Å². The van der Waals surface area contributed by atoms with Crippen LogP contribution in [0, 0.1) is 10.1 Å². The monoisotopic (exact) mass is 402 g/mol. The highest BCUT2D eigenvalue weighted by Gasteiger charge is 2.18. The van der Waals surface area contributed by atoms with Crippen LogP contribution in [0.25, 0.3) is 0 Å². The lowest BCUT2D eigenvalue weighted by atomic mass is 10.2. The van der Waals surface area contributed by atoms with Gasteiger partial charge in [-0.1, -0.05) is 11.6 Å². The first kappa shape index (κ1) is 19.2. The number of amides is 1. The number of benzene rings is 2. The molecule has 1 aromatic heterocycles. The Balaban J connectivity index is 1.88. The Bertz CT molecular complexity index is 1010. The first-order valence-electron chi connectivity index (χ1n) is 7.97. The number of non-ortho nitro benzene ring substituents is 1. The minimum Gasteiger partial charge on any atom is -0.497 e. The van der Waals surface area contributed by atoms with Gasteiger partial charge in [-0.15, -0.1) is 0 Å². The average Bonchev–Trinajstić information content (AvgIpc) is 3.00. The van der Waals surface area contributed by atoms with Crippen molar-refractivity contribution in [3.05, 3.63) is 69.5 Å². The molecule has 0 fully saturated rings. The van der Waals surface area contributed by atoms with Crippen molar-refractivity contribution in [3.63, 3.8) is 0 Å². The molecule has 0 radical (unpaired) electrons. The third-order valence-electron chi connectivity index (χ3n) is 3.76. The highest BCUT2D eigenvalue weighted by molar-refractivity contribution is 6.34. The molecule has 1 N–H and O–H groups in total. The summed E-state index contributed by atoms with van der Waals surface area (Å²) in [5.74, 6) is 0.729. The first-order valence-corrected chi connectivity index (χ1v) is 8.35. The quantitative estimate of drug-likeness (QED) is 0.492. The summed E-state index contributed by atoms with van der Waals surface area (Å²) in [6, 6.07) is 10.7. The molecule has 3 aromatic rings. The van der Waals surface area contributed by atoms with E-state index in [2.05, 4.69) is 10.4 Å². The zero-order chi connectivity index (χ0) is 20.3. The van der Waals surface area contributed by atoms with E-state index in [-0.39, 0.29) is 27.8 Å². The Morgan fingerprint density at radius 1 is 1.18 bits per heavy atom. The smallest absolute Gasteiger partial charge is 0.275 e. The van der Waals surface area contributed by atoms with Crippen molar-refractivity contribution < 1.29 is 19.2 Å². The number of aromatic nitrogens is 2. The fourth-order valence-electron chi connectivity index (χ4n) is 2.46.